The van der Waals surface area contributed by atoms with E-state index in [-0.39, 0.29) is 30.8 Å². The molecule has 0 unspecified atom stereocenters. The van der Waals surface area contributed by atoms with Gasteiger partial charge in [-0.25, -0.2) is 0 Å². The first-order valence-corrected chi connectivity index (χ1v) is 7.75. The van der Waals surface area contributed by atoms with E-state index < -0.39 is 0 Å². The maximum atomic E-state index is 12.3. The first-order valence-electron chi connectivity index (χ1n) is 7.75. The zero-order valence-electron chi connectivity index (χ0n) is 13.6. The Morgan fingerprint density at radius 2 is 1.68 bits per heavy atom. The van der Waals surface area contributed by atoms with Gasteiger partial charge in [0.1, 0.15) is 0 Å². The van der Waals surface area contributed by atoms with E-state index in [9.17, 15) is 14.4 Å². The molecule has 0 aliphatic carbocycles. The van der Waals surface area contributed by atoms with Gasteiger partial charge in [0.05, 0.1) is 11.4 Å². The summed E-state index contributed by atoms with van der Waals surface area (Å²) in [5, 5.41) is 2.70. The monoisotopic (exact) mass is 336 g/mol. The van der Waals surface area contributed by atoms with Crippen molar-refractivity contribution in [1.82, 2.24) is 20.2 Å². The summed E-state index contributed by atoms with van der Waals surface area (Å²) >= 11 is 0. The fraction of sp³-hybridized carbons (Fsp3) is 0.167. The first-order chi connectivity index (χ1) is 12.0. The lowest BCUT2D eigenvalue weighted by Gasteiger charge is -2.14. The molecule has 3 amide bonds. The number of nitrogens with zero attached hydrogens (tertiary/aromatic N) is 3. The number of hydrogen-bond acceptors (Lipinski definition) is 5. The lowest BCUT2D eigenvalue weighted by Crippen LogP contribution is -2.38. The molecule has 3 heterocycles. The number of imide groups is 1. The molecule has 0 spiro atoms. The molecule has 0 bridgehead atoms. The second-order valence-corrected chi connectivity index (χ2v) is 5.57. The molecule has 126 valence electrons. The standard InChI is InChI=1S/C18H16N4O3/c1-12-4-6-19-14(10-12)15-11-13(5-7-20-15)18(25)21-8-9-22-16(23)2-3-17(22)24/h2-7,10-11H,8-9H2,1H3,(H,21,25). The third-order valence-electron chi connectivity index (χ3n) is 3.72. The highest BCUT2D eigenvalue weighted by molar-refractivity contribution is 6.12. The van der Waals surface area contributed by atoms with E-state index >= 15 is 0 Å². The first kappa shape index (κ1) is 16.5. The Bertz CT molecular complexity index is 858. The number of aromatic nitrogens is 2. The second kappa shape index (κ2) is 7.04. The molecule has 7 heteroatoms. The quantitative estimate of drug-likeness (QED) is 0.826. The third-order valence-corrected chi connectivity index (χ3v) is 3.72. The number of aryl methyl sites for hydroxylation is 1. The smallest absolute Gasteiger partial charge is 0.253 e. The topological polar surface area (TPSA) is 92.3 Å². The highest BCUT2D eigenvalue weighted by atomic mass is 16.2. The Hall–Kier alpha value is -3.35. The number of amides is 3. The van der Waals surface area contributed by atoms with Crippen LogP contribution in [-0.2, 0) is 9.59 Å². The molecular weight excluding hydrogens is 320 g/mol. The summed E-state index contributed by atoms with van der Waals surface area (Å²) in [7, 11) is 0. The zero-order chi connectivity index (χ0) is 17.8. The molecule has 0 saturated heterocycles. The molecule has 0 radical (unpaired) electrons. The number of rotatable bonds is 5. The Labute approximate surface area is 144 Å². The lowest BCUT2D eigenvalue weighted by molar-refractivity contribution is -0.136. The molecule has 25 heavy (non-hydrogen) atoms. The number of hydrogen-bond donors (Lipinski definition) is 1. The van der Waals surface area contributed by atoms with Gasteiger partial charge in [-0.2, -0.15) is 0 Å². The fourth-order valence-corrected chi connectivity index (χ4v) is 2.42. The molecule has 3 rings (SSSR count). The van der Waals surface area contributed by atoms with Gasteiger partial charge in [-0.3, -0.25) is 29.3 Å². The molecule has 1 N–H and O–H groups in total. The average molecular weight is 336 g/mol. The maximum Gasteiger partial charge on any atom is 0.253 e. The Morgan fingerprint density at radius 1 is 1.04 bits per heavy atom. The minimum absolute atomic E-state index is 0.133. The van der Waals surface area contributed by atoms with Crippen molar-refractivity contribution in [3.8, 4) is 11.4 Å². The van der Waals surface area contributed by atoms with Gasteiger partial charge in [-0.1, -0.05) is 0 Å². The van der Waals surface area contributed by atoms with Crippen LogP contribution in [0.4, 0.5) is 0 Å². The van der Waals surface area contributed by atoms with Crippen molar-refractivity contribution in [2.75, 3.05) is 13.1 Å². The van der Waals surface area contributed by atoms with Crippen molar-refractivity contribution in [2.45, 2.75) is 6.92 Å². The van der Waals surface area contributed by atoms with E-state index in [1.54, 1.807) is 24.5 Å². The van der Waals surface area contributed by atoms with Gasteiger partial charge in [0.25, 0.3) is 17.7 Å². The summed E-state index contributed by atoms with van der Waals surface area (Å²) < 4.78 is 0. The van der Waals surface area contributed by atoms with Crippen molar-refractivity contribution in [3.63, 3.8) is 0 Å². The van der Waals surface area contributed by atoms with Gasteiger partial charge < -0.3 is 5.32 Å². The van der Waals surface area contributed by atoms with Crippen LogP contribution in [-0.4, -0.2) is 45.7 Å². The van der Waals surface area contributed by atoms with Crippen molar-refractivity contribution in [3.05, 3.63) is 59.9 Å². The summed E-state index contributed by atoms with van der Waals surface area (Å²) in [4.78, 5) is 44.8. The summed E-state index contributed by atoms with van der Waals surface area (Å²) in [6.07, 6.45) is 5.67. The van der Waals surface area contributed by atoms with Crippen LogP contribution < -0.4 is 5.32 Å². The second-order valence-electron chi connectivity index (χ2n) is 5.57. The van der Waals surface area contributed by atoms with Crippen LogP contribution in [0.2, 0.25) is 0 Å². The molecular formula is C18H16N4O3. The Kier molecular flexibility index (Phi) is 4.65. The summed E-state index contributed by atoms with van der Waals surface area (Å²) in [6, 6.07) is 7.03. The number of pyridine rings is 2. The van der Waals surface area contributed by atoms with Crippen LogP contribution in [0, 0.1) is 6.92 Å². The minimum atomic E-state index is -0.365. The highest BCUT2D eigenvalue weighted by Crippen LogP contribution is 2.16. The predicted octanol–water partition coefficient (Wildman–Crippen LogP) is 1.11. The van der Waals surface area contributed by atoms with Crippen LogP contribution in [0.5, 0.6) is 0 Å². The van der Waals surface area contributed by atoms with E-state index in [0.717, 1.165) is 10.5 Å². The van der Waals surface area contributed by atoms with Crippen LogP contribution in [0.1, 0.15) is 15.9 Å². The molecule has 0 fully saturated rings. The van der Waals surface area contributed by atoms with Crippen LogP contribution in [0.3, 0.4) is 0 Å². The van der Waals surface area contributed by atoms with E-state index in [0.29, 0.717) is 17.0 Å². The van der Waals surface area contributed by atoms with Gasteiger partial charge in [-0.05, 0) is 36.8 Å². The predicted molar refractivity (Wildman–Crippen MR) is 90.4 cm³/mol. The van der Waals surface area contributed by atoms with E-state index in [4.69, 9.17) is 0 Å². The number of nitrogens with one attached hydrogen (secondary N) is 1. The van der Waals surface area contributed by atoms with Crippen molar-refractivity contribution in [1.29, 1.82) is 0 Å². The van der Waals surface area contributed by atoms with Gasteiger partial charge in [0, 0.05) is 43.2 Å². The maximum absolute atomic E-state index is 12.3. The number of carbonyl (C=O) groups excluding carboxylic acids is 3. The molecule has 0 saturated carbocycles. The SMILES string of the molecule is Cc1ccnc(-c2cc(C(=O)NCCN3C(=O)C=CC3=O)ccn2)c1. The zero-order valence-corrected chi connectivity index (χ0v) is 13.6. The normalized spacial score (nSPS) is 13.4. The van der Waals surface area contributed by atoms with Crippen LogP contribution in [0.25, 0.3) is 11.4 Å². The van der Waals surface area contributed by atoms with Crippen molar-refractivity contribution in [2.24, 2.45) is 0 Å². The molecule has 0 atom stereocenters. The molecule has 0 aromatic carbocycles. The molecule has 2 aromatic heterocycles. The van der Waals surface area contributed by atoms with E-state index in [1.165, 1.54) is 12.2 Å². The fourth-order valence-electron chi connectivity index (χ4n) is 2.42. The molecule has 7 nitrogen and oxygen atoms in total. The average Bonchev–Trinajstić information content (AvgIpc) is 2.93. The van der Waals surface area contributed by atoms with Gasteiger partial charge in [-0.15, -0.1) is 0 Å². The molecule has 2 aromatic rings. The summed E-state index contributed by atoms with van der Waals surface area (Å²) in [6.45, 7) is 2.27. The Morgan fingerprint density at radius 3 is 2.36 bits per heavy atom. The van der Waals surface area contributed by atoms with Gasteiger partial charge in [0.2, 0.25) is 0 Å². The number of carbonyl (C=O) groups is 3. The van der Waals surface area contributed by atoms with E-state index in [1.807, 2.05) is 19.1 Å². The lowest BCUT2D eigenvalue weighted by atomic mass is 10.1. The molecule has 1 aliphatic heterocycles. The summed E-state index contributed by atoms with van der Waals surface area (Å²) in [5.74, 6) is -1.03. The Balaban J connectivity index is 1.64. The highest BCUT2D eigenvalue weighted by Gasteiger charge is 2.22. The van der Waals surface area contributed by atoms with E-state index in [2.05, 4.69) is 15.3 Å². The van der Waals surface area contributed by atoms with Crippen molar-refractivity contribution < 1.29 is 14.4 Å². The molecule has 1 aliphatic rings. The van der Waals surface area contributed by atoms with Gasteiger partial charge >= 0.3 is 0 Å². The third kappa shape index (κ3) is 3.77. The largest absolute Gasteiger partial charge is 0.350 e. The van der Waals surface area contributed by atoms with Crippen molar-refractivity contribution >= 4 is 17.7 Å². The summed E-state index contributed by atoms with van der Waals surface area (Å²) in [5.41, 5.74) is 2.78. The van der Waals surface area contributed by atoms with Gasteiger partial charge in [0.15, 0.2) is 0 Å². The van der Waals surface area contributed by atoms with Crippen LogP contribution in [0.15, 0.2) is 48.8 Å². The minimum Gasteiger partial charge on any atom is -0.350 e. The van der Waals surface area contributed by atoms with Crippen LogP contribution >= 0.6 is 0 Å².